The molecule has 1 aliphatic heterocycles. The molecule has 2 N–H and O–H groups in total. The lowest BCUT2D eigenvalue weighted by Gasteiger charge is -2.26. The molecule has 1 aromatic rings. The average molecular weight is 263 g/mol. The molecule has 1 fully saturated rings. The molecule has 106 valence electrons. The molecule has 4 nitrogen and oxygen atoms in total. The van der Waals surface area contributed by atoms with Gasteiger partial charge in [0.15, 0.2) is 0 Å². The van der Waals surface area contributed by atoms with Crippen molar-refractivity contribution in [1.82, 2.24) is 10.3 Å². The Bertz CT molecular complexity index is 420. The maximum Gasteiger partial charge on any atom is 0.131 e. The molecular formula is C15H25N3O. The van der Waals surface area contributed by atoms with Gasteiger partial charge in [0.05, 0.1) is 12.6 Å². The Hall–Kier alpha value is -1.13. The maximum atomic E-state index is 9.41. The topological polar surface area (TPSA) is 48.4 Å². The monoisotopic (exact) mass is 263 g/mol. The van der Waals surface area contributed by atoms with Crippen molar-refractivity contribution in [3.8, 4) is 0 Å². The van der Waals surface area contributed by atoms with Gasteiger partial charge in [0.25, 0.3) is 0 Å². The van der Waals surface area contributed by atoms with Crippen LogP contribution in [0.3, 0.4) is 0 Å². The van der Waals surface area contributed by atoms with Crippen LogP contribution < -0.4 is 10.2 Å². The van der Waals surface area contributed by atoms with Crippen molar-refractivity contribution >= 4 is 5.82 Å². The molecule has 1 aliphatic rings. The van der Waals surface area contributed by atoms with E-state index in [0.717, 1.165) is 31.7 Å². The smallest absolute Gasteiger partial charge is 0.131 e. The van der Waals surface area contributed by atoms with Crippen LogP contribution in [0.4, 0.5) is 5.82 Å². The number of anilines is 1. The third-order valence-corrected chi connectivity index (χ3v) is 3.68. The van der Waals surface area contributed by atoms with Crippen LogP contribution in [-0.4, -0.2) is 35.3 Å². The molecule has 1 saturated heterocycles. The first-order valence-corrected chi connectivity index (χ1v) is 7.18. The lowest BCUT2D eigenvalue weighted by Crippen LogP contribution is -2.33. The average Bonchev–Trinajstić information content (AvgIpc) is 2.84. The molecule has 0 aromatic carbocycles. The minimum absolute atomic E-state index is 0.220. The fraction of sp³-hybridized carbons (Fsp3) is 0.667. The Morgan fingerprint density at radius 1 is 1.53 bits per heavy atom. The number of hydrogen-bond acceptors (Lipinski definition) is 4. The van der Waals surface area contributed by atoms with Crippen molar-refractivity contribution in [3.05, 3.63) is 23.4 Å². The number of aliphatic hydroxyl groups is 1. The van der Waals surface area contributed by atoms with Crippen LogP contribution in [0.1, 0.15) is 37.8 Å². The highest BCUT2D eigenvalue weighted by Gasteiger charge is 2.25. The van der Waals surface area contributed by atoms with Crippen LogP contribution in [0.15, 0.2) is 12.3 Å². The summed E-state index contributed by atoms with van der Waals surface area (Å²) in [6, 6.07) is 2.92. The maximum absolute atomic E-state index is 9.41. The molecule has 0 bridgehead atoms. The highest BCUT2D eigenvalue weighted by atomic mass is 16.3. The molecule has 4 heteroatoms. The molecule has 1 aromatic heterocycles. The molecular weight excluding hydrogens is 238 g/mol. The number of hydrogen-bond donors (Lipinski definition) is 2. The number of aryl methyl sites for hydroxylation is 1. The summed E-state index contributed by atoms with van der Waals surface area (Å²) in [5, 5.41) is 12.8. The van der Waals surface area contributed by atoms with Crippen LogP contribution in [0, 0.1) is 6.92 Å². The van der Waals surface area contributed by atoms with E-state index in [-0.39, 0.29) is 12.6 Å². The normalized spacial score (nSPS) is 19.4. The predicted octanol–water partition coefficient (Wildman–Crippen LogP) is 1.85. The van der Waals surface area contributed by atoms with Gasteiger partial charge in [-0.1, -0.05) is 13.8 Å². The first kappa shape index (κ1) is 14.3. The summed E-state index contributed by atoms with van der Waals surface area (Å²) in [6.07, 6.45) is 4.15. The van der Waals surface area contributed by atoms with Gasteiger partial charge in [-0.25, -0.2) is 4.98 Å². The minimum Gasteiger partial charge on any atom is -0.394 e. The number of pyridine rings is 1. The second-order valence-electron chi connectivity index (χ2n) is 5.69. The van der Waals surface area contributed by atoms with E-state index in [2.05, 4.69) is 42.0 Å². The zero-order valence-electron chi connectivity index (χ0n) is 12.2. The Labute approximate surface area is 115 Å². The highest BCUT2D eigenvalue weighted by Crippen LogP contribution is 2.26. The molecule has 1 unspecified atom stereocenters. The standard InChI is InChI=1S/C15H25N3O/c1-11(2)16-8-13-7-12(3)15(17-9-13)18-6-4-5-14(18)10-19/h7,9,11,14,16,19H,4-6,8,10H2,1-3H3. The zero-order valence-corrected chi connectivity index (χ0v) is 12.2. The lowest BCUT2D eigenvalue weighted by molar-refractivity contribution is 0.266. The molecule has 2 rings (SSSR count). The summed E-state index contributed by atoms with van der Waals surface area (Å²) in [6.45, 7) is 8.47. The largest absolute Gasteiger partial charge is 0.394 e. The van der Waals surface area contributed by atoms with Crippen molar-refractivity contribution in [2.45, 2.75) is 52.2 Å². The minimum atomic E-state index is 0.220. The second-order valence-corrected chi connectivity index (χ2v) is 5.69. The second kappa shape index (κ2) is 6.35. The third-order valence-electron chi connectivity index (χ3n) is 3.68. The summed E-state index contributed by atoms with van der Waals surface area (Å²) in [5.41, 5.74) is 2.41. The Kier molecular flexibility index (Phi) is 4.77. The Morgan fingerprint density at radius 3 is 2.95 bits per heavy atom. The van der Waals surface area contributed by atoms with Crippen molar-refractivity contribution in [3.63, 3.8) is 0 Å². The first-order valence-electron chi connectivity index (χ1n) is 7.18. The Morgan fingerprint density at radius 2 is 2.32 bits per heavy atom. The Balaban J connectivity index is 2.10. The van der Waals surface area contributed by atoms with Crippen LogP contribution in [-0.2, 0) is 6.54 Å². The van der Waals surface area contributed by atoms with Crippen molar-refractivity contribution in [2.24, 2.45) is 0 Å². The summed E-state index contributed by atoms with van der Waals surface area (Å²) in [7, 11) is 0. The van der Waals surface area contributed by atoms with Gasteiger partial charge in [-0.15, -0.1) is 0 Å². The molecule has 0 spiro atoms. The van der Waals surface area contributed by atoms with Gasteiger partial charge in [-0.3, -0.25) is 0 Å². The van der Waals surface area contributed by atoms with E-state index in [1.165, 1.54) is 11.1 Å². The van der Waals surface area contributed by atoms with E-state index in [1.54, 1.807) is 0 Å². The van der Waals surface area contributed by atoms with Crippen molar-refractivity contribution in [1.29, 1.82) is 0 Å². The first-order chi connectivity index (χ1) is 9.11. The molecule has 19 heavy (non-hydrogen) atoms. The van der Waals surface area contributed by atoms with Gasteiger partial charge in [0.2, 0.25) is 0 Å². The fourth-order valence-corrected chi connectivity index (χ4v) is 2.65. The lowest BCUT2D eigenvalue weighted by atomic mass is 10.1. The van der Waals surface area contributed by atoms with Crippen molar-refractivity contribution < 1.29 is 5.11 Å². The summed E-state index contributed by atoms with van der Waals surface area (Å²) < 4.78 is 0. The van der Waals surface area contributed by atoms with Gasteiger partial charge in [-0.2, -0.15) is 0 Å². The van der Waals surface area contributed by atoms with Gasteiger partial charge in [0, 0.05) is 25.3 Å². The van der Waals surface area contributed by atoms with Crippen LogP contribution in [0.2, 0.25) is 0 Å². The van der Waals surface area contributed by atoms with E-state index in [9.17, 15) is 5.11 Å². The van der Waals surface area contributed by atoms with Crippen molar-refractivity contribution in [2.75, 3.05) is 18.1 Å². The number of nitrogens with one attached hydrogen (secondary N) is 1. The number of nitrogens with zero attached hydrogens (tertiary/aromatic N) is 2. The predicted molar refractivity (Wildman–Crippen MR) is 78.4 cm³/mol. The summed E-state index contributed by atoms with van der Waals surface area (Å²) in [4.78, 5) is 6.86. The summed E-state index contributed by atoms with van der Waals surface area (Å²) in [5.74, 6) is 1.03. The molecule has 0 saturated carbocycles. The SMILES string of the molecule is Cc1cc(CNC(C)C)cnc1N1CCCC1CO. The zero-order chi connectivity index (χ0) is 13.8. The van der Waals surface area contributed by atoms with Crippen LogP contribution in [0.25, 0.3) is 0 Å². The number of aliphatic hydroxyl groups excluding tert-OH is 1. The number of aromatic nitrogens is 1. The third kappa shape index (κ3) is 3.45. The van der Waals surface area contributed by atoms with Gasteiger partial charge in [-0.05, 0) is 37.0 Å². The highest BCUT2D eigenvalue weighted by molar-refractivity contribution is 5.49. The van der Waals surface area contributed by atoms with E-state index in [1.807, 2.05) is 6.20 Å². The quantitative estimate of drug-likeness (QED) is 0.851. The van der Waals surface area contributed by atoms with E-state index in [4.69, 9.17) is 0 Å². The van der Waals surface area contributed by atoms with Gasteiger partial charge >= 0.3 is 0 Å². The molecule has 2 heterocycles. The van der Waals surface area contributed by atoms with Gasteiger partial charge < -0.3 is 15.3 Å². The van der Waals surface area contributed by atoms with Gasteiger partial charge in [0.1, 0.15) is 5.82 Å². The number of rotatable bonds is 5. The van der Waals surface area contributed by atoms with Crippen LogP contribution in [0.5, 0.6) is 0 Å². The molecule has 0 radical (unpaired) electrons. The summed E-state index contributed by atoms with van der Waals surface area (Å²) >= 11 is 0. The van der Waals surface area contributed by atoms with Crippen LogP contribution >= 0.6 is 0 Å². The molecule has 1 atom stereocenters. The van der Waals surface area contributed by atoms with E-state index >= 15 is 0 Å². The molecule has 0 aliphatic carbocycles. The van der Waals surface area contributed by atoms with E-state index < -0.39 is 0 Å². The molecule has 0 amide bonds. The fourth-order valence-electron chi connectivity index (χ4n) is 2.65. The van der Waals surface area contributed by atoms with E-state index in [0.29, 0.717) is 6.04 Å².